The fraction of sp³-hybridized carbons (Fsp3) is 0.750. The van der Waals surface area contributed by atoms with E-state index in [9.17, 15) is 4.79 Å². The molecule has 0 bridgehead atoms. The molecule has 0 fully saturated rings. The Labute approximate surface area is 92.1 Å². The molecule has 0 rings (SSSR count). The second-order valence-corrected chi connectivity index (χ2v) is 3.80. The zero-order chi connectivity index (χ0) is 11.5. The fourth-order valence-electron chi connectivity index (χ4n) is 1.29. The van der Waals surface area contributed by atoms with Gasteiger partial charge in [-0.2, -0.15) is 0 Å². The topological polar surface area (TPSA) is 46.5 Å². The summed E-state index contributed by atoms with van der Waals surface area (Å²) >= 11 is 0. The van der Waals surface area contributed by atoms with Crippen LogP contribution >= 0.6 is 0 Å². The molecule has 0 aliphatic carbocycles. The molecule has 0 saturated heterocycles. The zero-order valence-electron chi connectivity index (χ0n) is 9.79. The maximum absolute atomic E-state index is 10.3. The van der Waals surface area contributed by atoms with Gasteiger partial charge in [0.25, 0.3) is 0 Å². The number of aliphatic carboxylic acids is 1. The number of ether oxygens (including phenoxy) is 1. The summed E-state index contributed by atoms with van der Waals surface area (Å²) in [6.45, 7) is 5.12. The maximum atomic E-state index is 10.3. The lowest BCUT2D eigenvalue weighted by Crippen LogP contribution is -2.00. The van der Waals surface area contributed by atoms with Gasteiger partial charge in [0.2, 0.25) is 0 Å². The smallest absolute Gasteiger partial charge is 0.328 e. The van der Waals surface area contributed by atoms with E-state index in [1.54, 1.807) is 6.92 Å². The lowest BCUT2D eigenvalue weighted by molar-refractivity contribution is -0.131. The number of hydrogen-bond acceptors (Lipinski definition) is 2. The van der Waals surface area contributed by atoms with Crippen molar-refractivity contribution in [1.29, 1.82) is 0 Å². The molecule has 0 saturated carbocycles. The van der Waals surface area contributed by atoms with Gasteiger partial charge in [-0.25, -0.2) is 4.79 Å². The van der Waals surface area contributed by atoms with Crippen molar-refractivity contribution in [3.8, 4) is 0 Å². The van der Waals surface area contributed by atoms with Crippen molar-refractivity contribution in [3.05, 3.63) is 11.6 Å². The molecule has 0 radical (unpaired) electrons. The van der Waals surface area contributed by atoms with Crippen molar-refractivity contribution in [2.45, 2.75) is 46.0 Å². The zero-order valence-corrected chi connectivity index (χ0v) is 9.79. The molecule has 3 heteroatoms. The Balaban J connectivity index is 3.27. The van der Waals surface area contributed by atoms with Crippen molar-refractivity contribution in [1.82, 2.24) is 0 Å². The number of carboxylic acids is 1. The van der Waals surface area contributed by atoms with Gasteiger partial charge in [-0.3, -0.25) is 0 Å². The average Bonchev–Trinajstić information content (AvgIpc) is 2.15. The van der Waals surface area contributed by atoms with E-state index in [0.717, 1.165) is 18.6 Å². The first kappa shape index (κ1) is 14.2. The van der Waals surface area contributed by atoms with Crippen molar-refractivity contribution in [2.24, 2.45) is 0 Å². The summed E-state index contributed by atoms with van der Waals surface area (Å²) in [5.41, 5.74) is 0.760. The van der Waals surface area contributed by atoms with Crippen LogP contribution in [-0.2, 0) is 9.53 Å². The number of carboxylic acid groups (broad SMARTS) is 1. The Bertz CT molecular complexity index is 197. The van der Waals surface area contributed by atoms with Gasteiger partial charge in [0.1, 0.15) is 0 Å². The summed E-state index contributed by atoms with van der Waals surface area (Å²) in [6, 6.07) is 0. The second kappa shape index (κ2) is 9.71. The molecule has 1 N–H and O–H groups in total. The van der Waals surface area contributed by atoms with Gasteiger partial charge in [-0.1, -0.05) is 32.6 Å². The number of hydrogen-bond donors (Lipinski definition) is 1. The minimum absolute atomic E-state index is 0.431. The van der Waals surface area contributed by atoms with Crippen LogP contribution < -0.4 is 0 Å². The number of carbonyl (C=O) groups is 1. The Morgan fingerprint density at radius 3 is 2.53 bits per heavy atom. The number of rotatable bonds is 9. The van der Waals surface area contributed by atoms with Gasteiger partial charge in [0, 0.05) is 12.7 Å². The summed E-state index contributed by atoms with van der Waals surface area (Å²) in [5, 5.41) is 8.45. The third-order valence-corrected chi connectivity index (χ3v) is 2.09. The summed E-state index contributed by atoms with van der Waals surface area (Å²) < 4.78 is 5.34. The molecule has 0 atom stereocenters. The highest BCUT2D eigenvalue weighted by Gasteiger charge is 1.95. The lowest BCUT2D eigenvalue weighted by atomic mass is 10.2. The molecule has 0 heterocycles. The quantitative estimate of drug-likeness (QED) is 0.474. The van der Waals surface area contributed by atoms with E-state index in [2.05, 4.69) is 6.92 Å². The third kappa shape index (κ3) is 11.1. The van der Waals surface area contributed by atoms with Gasteiger partial charge in [0.15, 0.2) is 0 Å². The third-order valence-electron chi connectivity index (χ3n) is 2.09. The van der Waals surface area contributed by atoms with Crippen molar-refractivity contribution in [2.75, 3.05) is 13.2 Å². The molecule has 15 heavy (non-hydrogen) atoms. The molecular weight excluding hydrogens is 192 g/mol. The van der Waals surface area contributed by atoms with Gasteiger partial charge < -0.3 is 9.84 Å². The molecule has 0 unspecified atom stereocenters. The van der Waals surface area contributed by atoms with E-state index in [1.165, 1.54) is 31.8 Å². The predicted molar refractivity (Wildman–Crippen MR) is 61.0 cm³/mol. The van der Waals surface area contributed by atoms with E-state index in [1.807, 2.05) is 0 Å². The normalized spacial score (nSPS) is 11.7. The first-order valence-electron chi connectivity index (χ1n) is 5.64. The molecule has 0 aliphatic rings. The van der Waals surface area contributed by atoms with Crippen molar-refractivity contribution >= 4 is 5.97 Å². The van der Waals surface area contributed by atoms with Crippen molar-refractivity contribution in [3.63, 3.8) is 0 Å². The molecule has 0 aromatic carbocycles. The lowest BCUT2D eigenvalue weighted by Gasteiger charge is -2.03. The van der Waals surface area contributed by atoms with E-state index in [-0.39, 0.29) is 0 Å². The fourth-order valence-corrected chi connectivity index (χ4v) is 1.29. The molecular formula is C12H22O3. The van der Waals surface area contributed by atoms with Crippen LogP contribution in [0.15, 0.2) is 11.6 Å². The standard InChI is InChI=1S/C12H22O3/c1-3-4-5-6-7-8-15-10-11(2)9-12(13)14/h9H,3-8,10H2,1-2H3,(H,13,14). The summed E-state index contributed by atoms with van der Waals surface area (Å²) in [6.07, 6.45) is 7.27. The van der Waals surface area contributed by atoms with E-state index in [0.29, 0.717) is 6.61 Å². The minimum atomic E-state index is -0.904. The van der Waals surface area contributed by atoms with E-state index < -0.39 is 5.97 Å². The monoisotopic (exact) mass is 214 g/mol. The average molecular weight is 214 g/mol. The first-order valence-corrected chi connectivity index (χ1v) is 5.64. The van der Waals surface area contributed by atoms with Crippen LogP contribution in [-0.4, -0.2) is 24.3 Å². The highest BCUT2D eigenvalue weighted by atomic mass is 16.5. The van der Waals surface area contributed by atoms with Gasteiger partial charge >= 0.3 is 5.97 Å². The van der Waals surface area contributed by atoms with Crippen LogP contribution in [0.4, 0.5) is 0 Å². The Hall–Kier alpha value is -0.830. The highest BCUT2D eigenvalue weighted by Crippen LogP contribution is 2.03. The van der Waals surface area contributed by atoms with Gasteiger partial charge in [0.05, 0.1) is 6.61 Å². The minimum Gasteiger partial charge on any atom is -0.478 e. The molecule has 88 valence electrons. The van der Waals surface area contributed by atoms with Crippen LogP contribution in [0.1, 0.15) is 46.0 Å². The summed E-state index contributed by atoms with van der Waals surface area (Å²) in [5.74, 6) is -0.904. The van der Waals surface area contributed by atoms with Crippen LogP contribution in [0.2, 0.25) is 0 Å². The van der Waals surface area contributed by atoms with Crippen LogP contribution in [0.25, 0.3) is 0 Å². The van der Waals surface area contributed by atoms with Crippen LogP contribution in [0, 0.1) is 0 Å². The van der Waals surface area contributed by atoms with Gasteiger partial charge in [-0.15, -0.1) is 0 Å². The summed E-state index contributed by atoms with van der Waals surface area (Å²) in [7, 11) is 0. The molecule has 0 spiro atoms. The molecule has 0 aromatic heterocycles. The molecule has 0 amide bonds. The molecule has 0 aromatic rings. The largest absolute Gasteiger partial charge is 0.478 e. The number of unbranched alkanes of at least 4 members (excludes halogenated alkanes) is 4. The SMILES string of the molecule is CCCCCCCOCC(C)=CC(=O)O. The Morgan fingerprint density at radius 2 is 1.93 bits per heavy atom. The predicted octanol–water partition coefficient (Wildman–Crippen LogP) is 3.00. The van der Waals surface area contributed by atoms with Gasteiger partial charge in [-0.05, 0) is 18.9 Å². The van der Waals surface area contributed by atoms with E-state index in [4.69, 9.17) is 9.84 Å². The Kier molecular flexibility index (Phi) is 9.18. The second-order valence-electron chi connectivity index (χ2n) is 3.80. The summed E-state index contributed by atoms with van der Waals surface area (Å²) in [4.78, 5) is 10.3. The van der Waals surface area contributed by atoms with E-state index >= 15 is 0 Å². The highest BCUT2D eigenvalue weighted by molar-refractivity contribution is 5.80. The molecule has 0 aliphatic heterocycles. The Morgan fingerprint density at radius 1 is 1.27 bits per heavy atom. The maximum Gasteiger partial charge on any atom is 0.328 e. The van der Waals surface area contributed by atoms with Crippen molar-refractivity contribution < 1.29 is 14.6 Å². The first-order chi connectivity index (χ1) is 7.16. The van der Waals surface area contributed by atoms with Crippen LogP contribution in [0.3, 0.4) is 0 Å². The molecule has 3 nitrogen and oxygen atoms in total. The van der Waals surface area contributed by atoms with Crippen LogP contribution in [0.5, 0.6) is 0 Å².